The Morgan fingerprint density at radius 2 is 1.63 bits per heavy atom. The molecule has 152 valence electrons. The van der Waals surface area contributed by atoms with Gasteiger partial charge in [0, 0.05) is 10.9 Å². The molecule has 0 bridgehead atoms. The summed E-state index contributed by atoms with van der Waals surface area (Å²) in [4.78, 5) is 13.0. The quantitative estimate of drug-likeness (QED) is 0.534. The van der Waals surface area contributed by atoms with E-state index in [4.69, 9.17) is 5.14 Å². The number of hydrogen-bond acceptors (Lipinski definition) is 4. The van der Waals surface area contributed by atoms with Crippen molar-refractivity contribution in [2.45, 2.75) is 6.42 Å². The molecule has 0 saturated heterocycles. The third-order valence-electron chi connectivity index (χ3n) is 4.75. The summed E-state index contributed by atoms with van der Waals surface area (Å²) in [6.45, 7) is 0. The first-order valence-electron chi connectivity index (χ1n) is 9.20. The molecular formula is C22H18FN3O3S. The van der Waals surface area contributed by atoms with Crippen LogP contribution in [0.1, 0.15) is 5.56 Å². The predicted molar refractivity (Wildman–Crippen MR) is 114 cm³/mol. The third-order valence-corrected chi connectivity index (χ3v) is 5.52. The van der Waals surface area contributed by atoms with Crippen LogP contribution >= 0.6 is 0 Å². The Hall–Kier alpha value is -3.36. The van der Waals surface area contributed by atoms with Crippen LogP contribution in [0.2, 0.25) is 0 Å². The average molecular weight is 423 g/mol. The molecule has 0 saturated carbocycles. The van der Waals surface area contributed by atoms with Gasteiger partial charge in [-0.3, -0.25) is 4.79 Å². The Bertz CT molecular complexity index is 1400. The van der Waals surface area contributed by atoms with E-state index in [1.165, 1.54) is 28.9 Å². The highest BCUT2D eigenvalue weighted by molar-refractivity contribution is 7.89. The fourth-order valence-electron chi connectivity index (χ4n) is 3.29. The normalized spacial score (nSPS) is 11.7. The molecule has 0 aliphatic rings. The lowest BCUT2D eigenvalue weighted by Crippen LogP contribution is -2.22. The number of nitrogens with zero attached hydrogens (tertiary/aromatic N) is 2. The molecule has 30 heavy (non-hydrogen) atoms. The minimum atomic E-state index is -3.58. The van der Waals surface area contributed by atoms with Crippen LogP contribution in [0, 0.1) is 5.82 Å². The Morgan fingerprint density at radius 1 is 0.933 bits per heavy atom. The fourth-order valence-corrected chi connectivity index (χ4v) is 3.81. The summed E-state index contributed by atoms with van der Waals surface area (Å²) in [5.41, 5.74) is 2.21. The summed E-state index contributed by atoms with van der Waals surface area (Å²) < 4.78 is 37.2. The van der Waals surface area contributed by atoms with Crippen LogP contribution in [0.5, 0.6) is 0 Å². The summed E-state index contributed by atoms with van der Waals surface area (Å²) in [5.74, 6) is -0.574. The number of hydrogen-bond donors (Lipinski definition) is 1. The average Bonchev–Trinajstić information content (AvgIpc) is 2.73. The topological polar surface area (TPSA) is 95.1 Å². The first-order valence-corrected chi connectivity index (χ1v) is 10.9. The van der Waals surface area contributed by atoms with Crippen LogP contribution in [-0.4, -0.2) is 24.0 Å². The predicted octanol–water partition coefficient (Wildman–Crippen LogP) is 3.02. The van der Waals surface area contributed by atoms with Crippen molar-refractivity contribution < 1.29 is 12.8 Å². The molecule has 8 heteroatoms. The Balaban J connectivity index is 1.90. The molecule has 0 unspecified atom stereocenters. The maximum Gasteiger partial charge on any atom is 0.279 e. The first kappa shape index (κ1) is 19.9. The number of nitrogens with two attached hydrogens (primary N) is 1. The van der Waals surface area contributed by atoms with Crippen molar-refractivity contribution in [2.24, 2.45) is 5.14 Å². The zero-order chi connectivity index (χ0) is 21.3. The molecule has 0 radical (unpaired) electrons. The number of primary sulfonamides is 1. The number of benzene rings is 3. The van der Waals surface area contributed by atoms with E-state index in [1.54, 1.807) is 18.2 Å². The van der Waals surface area contributed by atoms with E-state index >= 15 is 0 Å². The van der Waals surface area contributed by atoms with Gasteiger partial charge in [-0.2, -0.15) is 9.78 Å². The molecule has 1 aromatic heterocycles. The maximum absolute atomic E-state index is 13.3. The van der Waals surface area contributed by atoms with Gasteiger partial charge in [-0.25, -0.2) is 17.9 Å². The number of halogens is 1. The number of rotatable bonds is 5. The van der Waals surface area contributed by atoms with E-state index in [0.29, 0.717) is 22.2 Å². The van der Waals surface area contributed by atoms with E-state index in [2.05, 4.69) is 5.10 Å². The molecule has 0 amide bonds. The minimum Gasteiger partial charge on any atom is -0.267 e. The summed E-state index contributed by atoms with van der Waals surface area (Å²) in [5, 5.41) is 10.8. The third kappa shape index (κ3) is 4.14. The number of aryl methyl sites for hydroxylation is 1. The lowest BCUT2D eigenvalue weighted by Gasteiger charge is -2.12. The second kappa shape index (κ2) is 7.81. The van der Waals surface area contributed by atoms with Crippen molar-refractivity contribution in [1.82, 2.24) is 9.78 Å². The van der Waals surface area contributed by atoms with Crippen molar-refractivity contribution in [1.29, 1.82) is 0 Å². The van der Waals surface area contributed by atoms with Gasteiger partial charge in [0.05, 0.1) is 22.5 Å². The van der Waals surface area contributed by atoms with Crippen LogP contribution < -0.4 is 10.7 Å². The molecule has 0 fully saturated rings. The monoisotopic (exact) mass is 423 g/mol. The Morgan fingerprint density at radius 3 is 2.33 bits per heavy atom. The standard InChI is InChI=1S/C22H18FN3O3S/c23-17-8-10-18(11-9-17)26-22(27)20-7-2-1-6-19(20)21(25-26)16-5-3-4-15(14-16)12-13-30(24,28)29/h1-11,14H,12-13H2,(H2,24,28,29). The van der Waals surface area contributed by atoms with Crippen LogP contribution in [-0.2, 0) is 16.4 Å². The minimum absolute atomic E-state index is 0.167. The fraction of sp³-hybridized carbons (Fsp3) is 0.0909. The molecule has 4 rings (SSSR count). The highest BCUT2D eigenvalue weighted by Gasteiger charge is 2.14. The Kier molecular flexibility index (Phi) is 5.19. The molecule has 6 nitrogen and oxygen atoms in total. The van der Waals surface area contributed by atoms with E-state index in [9.17, 15) is 17.6 Å². The summed E-state index contributed by atoms with van der Waals surface area (Å²) in [6, 6.07) is 19.9. The highest BCUT2D eigenvalue weighted by Crippen LogP contribution is 2.26. The zero-order valence-corrected chi connectivity index (χ0v) is 16.6. The lowest BCUT2D eigenvalue weighted by molar-refractivity contribution is 0.597. The molecule has 0 aliphatic carbocycles. The van der Waals surface area contributed by atoms with Crippen molar-refractivity contribution in [3.8, 4) is 16.9 Å². The second-order valence-electron chi connectivity index (χ2n) is 6.90. The van der Waals surface area contributed by atoms with Crippen LogP contribution in [0.4, 0.5) is 4.39 Å². The van der Waals surface area contributed by atoms with Gasteiger partial charge in [-0.05, 0) is 48.4 Å². The summed E-state index contributed by atoms with van der Waals surface area (Å²) in [7, 11) is -3.58. The summed E-state index contributed by atoms with van der Waals surface area (Å²) in [6.07, 6.45) is 0.266. The zero-order valence-electron chi connectivity index (χ0n) is 15.8. The van der Waals surface area contributed by atoms with Gasteiger partial charge in [-0.15, -0.1) is 0 Å². The van der Waals surface area contributed by atoms with Crippen LogP contribution in [0.25, 0.3) is 27.7 Å². The van der Waals surface area contributed by atoms with Gasteiger partial charge in [0.15, 0.2) is 0 Å². The largest absolute Gasteiger partial charge is 0.279 e. The van der Waals surface area contributed by atoms with Crippen molar-refractivity contribution in [2.75, 3.05) is 5.75 Å². The number of sulfonamides is 1. The van der Waals surface area contributed by atoms with Crippen molar-refractivity contribution in [3.63, 3.8) is 0 Å². The summed E-state index contributed by atoms with van der Waals surface area (Å²) >= 11 is 0. The van der Waals surface area contributed by atoms with Gasteiger partial charge in [0.1, 0.15) is 5.82 Å². The second-order valence-corrected chi connectivity index (χ2v) is 8.64. The molecule has 2 N–H and O–H groups in total. The molecular weight excluding hydrogens is 405 g/mol. The van der Waals surface area contributed by atoms with E-state index in [-0.39, 0.29) is 17.7 Å². The van der Waals surface area contributed by atoms with E-state index in [1.807, 2.05) is 30.3 Å². The van der Waals surface area contributed by atoms with Gasteiger partial charge in [-0.1, -0.05) is 36.4 Å². The molecule has 0 spiro atoms. The molecule has 3 aromatic carbocycles. The smallest absolute Gasteiger partial charge is 0.267 e. The highest BCUT2D eigenvalue weighted by atomic mass is 32.2. The van der Waals surface area contributed by atoms with Gasteiger partial charge < -0.3 is 0 Å². The molecule has 4 aromatic rings. The van der Waals surface area contributed by atoms with Crippen LogP contribution in [0.3, 0.4) is 0 Å². The van der Waals surface area contributed by atoms with Gasteiger partial charge in [0.2, 0.25) is 10.0 Å². The number of aromatic nitrogens is 2. The lowest BCUT2D eigenvalue weighted by atomic mass is 10.0. The van der Waals surface area contributed by atoms with Crippen LogP contribution in [0.15, 0.2) is 77.6 Å². The first-order chi connectivity index (χ1) is 14.3. The van der Waals surface area contributed by atoms with Crippen molar-refractivity contribution in [3.05, 3.63) is 94.5 Å². The van der Waals surface area contributed by atoms with Gasteiger partial charge in [0.25, 0.3) is 5.56 Å². The Labute approximate surface area is 172 Å². The SMILES string of the molecule is NS(=O)(=O)CCc1cccc(-c2nn(-c3ccc(F)cc3)c(=O)c3ccccc23)c1. The molecule has 0 atom stereocenters. The number of fused-ring (bicyclic) bond motifs is 1. The van der Waals surface area contributed by atoms with E-state index in [0.717, 1.165) is 11.1 Å². The van der Waals surface area contributed by atoms with E-state index < -0.39 is 15.8 Å². The molecule has 0 aliphatic heterocycles. The van der Waals surface area contributed by atoms with Crippen molar-refractivity contribution >= 4 is 20.8 Å². The molecule has 1 heterocycles. The van der Waals surface area contributed by atoms with Gasteiger partial charge >= 0.3 is 0 Å². The maximum atomic E-state index is 13.3.